The van der Waals surface area contributed by atoms with Crippen LogP contribution in [0, 0.1) is 6.92 Å². The Morgan fingerprint density at radius 3 is 2.52 bits per heavy atom. The summed E-state index contributed by atoms with van der Waals surface area (Å²) in [6, 6.07) is 13.8. The standard InChI is InChI=1S/C26H29N3O2/c1-17-8-7-9-21(25(31)29-12-5-6-13-29)23(17)18-10-11-22-19(14-18)15-20(16-30)24(27-22)28-26(2,3)4/h7-11,14-16H,5-6,12-13H2,1-4H3,(H,27,28). The van der Waals surface area contributed by atoms with Gasteiger partial charge >= 0.3 is 0 Å². The van der Waals surface area contributed by atoms with Crippen molar-refractivity contribution < 1.29 is 9.59 Å². The highest BCUT2D eigenvalue weighted by Crippen LogP contribution is 2.32. The van der Waals surface area contributed by atoms with Crippen LogP contribution in [-0.4, -0.2) is 40.7 Å². The second-order valence-electron chi connectivity index (χ2n) is 9.32. The Labute approximate surface area is 183 Å². The van der Waals surface area contributed by atoms with Crippen LogP contribution in [0.3, 0.4) is 0 Å². The number of aryl methyl sites for hydroxylation is 1. The molecule has 0 aliphatic carbocycles. The molecule has 1 fully saturated rings. The lowest BCUT2D eigenvalue weighted by atomic mass is 9.93. The highest BCUT2D eigenvalue weighted by Gasteiger charge is 2.23. The van der Waals surface area contributed by atoms with Gasteiger partial charge in [0.1, 0.15) is 5.82 Å². The molecule has 1 aliphatic rings. The third kappa shape index (κ3) is 4.31. The van der Waals surface area contributed by atoms with Crippen LogP contribution in [0.15, 0.2) is 42.5 Å². The summed E-state index contributed by atoms with van der Waals surface area (Å²) < 4.78 is 0. The van der Waals surface area contributed by atoms with Gasteiger partial charge in [0, 0.05) is 29.6 Å². The summed E-state index contributed by atoms with van der Waals surface area (Å²) in [6.07, 6.45) is 2.96. The van der Waals surface area contributed by atoms with Crippen molar-refractivity contribution in [2.45, 2.75) is 46.1 Å². The number of amides is 1. The molecule has 4 rings (SSSR count). The average Bonchev–Trinajstić information content (AvgIpc) is 3.26. The third-order valence-corrected chi connectivity index (χ3v) is 5.65. The zero-order valence-corrected chi connectivity index (χ0v) is 18.7. The molecule has 0 atom stereocenters. The second kappa shape index (κ2) is 8.14. The molecule has 2 heterocycles. The van der Waals surface area contributed by atoms with Gasteiger partial charge in [0.25, 0.3) is 5.91 Å². The molecule has 3 aromatic rings. The zero-order valence-electron chi connectivity index (χ0n) is 18.7. The number of hydrogen-bond acceptors (Lipinski definition) is 4. The Kier molecular flexibility index (Phi) is 5.52. The molecule has 5 nitrogen and oxygen atoms in total. The van der Waals surface area contributed by atoms with Crippen LogP contribution in [0.1, 0.15) is 59.9 Å². The molecular formula is C26H29N3O2. The summed E-state index contributed by atoms with van der Waals surface area (Å²) >= 11 is 0. The largest absolute Gasteiger partial charge is 0.365 e. The molecule has 1 saturated heterocycles. The number of hydrogen-bond donors (Lipinski definition) is 1. The zero-order chi connectivity index (χ0) is 22.2. The fourth-order valence-electron chi connectivity index (χ4n) is 4.21. The quantitative estimate of drug-likeness (QED) is 0.574. The molecule has 31 heavy (non-hydrogen) atoms. The van der Waals surface area contributed by atoms with Gasteiger partial charge in [0.05, 0.1) is 11.1 Å². The van der Waals surface area contributed by atoms with E-state index < -0.39 is 0 Å². The van der Waals surface area contributed by atoms with Crippen molar-refractivity contribution in [3.8, 4) is 11.1 Å². The van der Waals surface area contributed by atoms with Gasteiger partial charge in [-0.05, 0) is 81.5 Å². The predicted octanol–water partition coefficient (Wildman–Crippen LogP) is 5.47. The number of anilines is 1. The predicted molar refractivity (Wildman–Crippen MR) is 126 cm³/mol. The number of likely N-dealkylation sites (tertiary alicyclic amines) is 1. The Bertz CT molecular complexity index is 1160. The first-order valence-corrected chi connectivity index (χ1v) is 10.8. The molecule has 5 heteroatoms. The number of rotatable bonds is 4. The lowest BCUT2D eigenvalue weighted by Gasteiger charge is -2.22. The minimum absolute atomic E-state index is 0.0905. The van der Waals surface area contributed by atoms with E-state index in [1.807, 2.05) is 75.1 Å². The first-order chi connectivity index (χ1) is 14.8. The Morgan fingerprint density at radius 2 is 1.84 bits per heavy atom. The van der Waals surface area contributed by atoms with Gasteiger partial charge < -0.3 is 10.2 Å². The Hall–Kier alpha value is -3.21. The van der Waals surface area contributed by atoms with Crippen molar-refractivity contribution >= 4 is 28.9 Å². The first kappa shape index (κ1) is 21.0. The molecule has 1 aromatic heterocycles. The van der Waals surface area contributed by atoms with Crippen molar-refractivity contribution in [3.05, 3.63) is 59.2 Å². The maximum Gasteiger partial charge on any atom is 0.254 e. The fraction of sp³-hybridized carbons (Fsp3) is 0.346. The Balaban J connectivity index is 1.81. The van der Waals surface area contributed by atoms with Crippen LogP contribution in [0.2, 0.25) is 0 Å². The van der Waals surface area contributed by atoms with E-state index in [-0.39, 0.29) is 11.4 Å². The molecule has 1 aliphatic heterocycles. The maximum absolute atomic E-state index is 13.2. The van der Waals surface area contributed by atoms with E-state index in [9.17, 15) is 9.59 Å². The smallest absolute Gasteiger partial charge is 0.254 e. The molecule has 2 aromatic carbocycles. The van der Waals surface area contributed by atoms with E-state index in [2.05, 4.69) is 5.32 Å². The molecule has 0 unspecified atom stereocenters. The van der Waals surface area contributed by atoms with Crippen molar-refractivity contribution in [1.29, 1.82) is 0 Å². The van der Waals surface area contributed by atoms with E-state index in [1.54, 1.807) is 0 Å². The second-order valence-corrected chi connectivity index (χ2v) is 9.32. The summed E-state index contributed by atoms with van der Waals surface area (Å²) in [5.74, 6) is 0.677. The number of aromatic nitrogens is 1. The average molecular weight is 416 g/mol. The molecule has 0 spiro atoms. The highest BCUT2D eigenvalue weighted by atomic mass is 16.2. The number of fused-ring (bicyclic) bond motifs is 1. The van der Waals surface area contributed by atoms with E-state index in [0.717, 1.165) is 65.4 Å². The Morgan fingerprint density at radius 1 is 1.10 bits per heavy atom. The monoisotopic (exact) mass is 415 g/mol. The molecule has 0 saturated carbocycles. The molecular weight excluding hydrogens is 386 g/mol. The number of nitrogens with zero attached hydrogens (tertiary/aromatic N) is 2. The number of aldehydes is 1. The number of nitrogens with one attached hydrogen (secondary N) is 1. The lowest BCUT2D eigenvalue weighted by molar-refractivity contribution is 0.0793. The van der Waals surface area contributed by atoms with Crippen LogP contribution in [0.5, 0.6) is 0 Å². The van der Waals surface area contributed by atoms with Gasteiger partial charge in [-0.25, -0.2) is 4.98 Å². The van der Waals surface area contributed by atoms with Gasteiger partial charge in [0.2, 0.25) is 0 Å². The molecule has 0 bridgehead atoms. The van der Waals surface area contributed by atoms with Gasteiger partial charge in [0.15, 0.2) is 6.29 Å². The van der Waals surface area contributed by atoms with Gasteiger partial charge in [-0.2, -0.15) is 0 Å². The minimum atomic E-state index is -0.204. The van der Waals surface area contributed by atoms with Crippen LogP contribution in [-0.2, 0) is 0 Å². The third-order valence-electron chi connectivity index (χ3n) is 5.65. The van der Waals surface area contributed by atoms with Crippen molar-refractivity contribution in [2.75, 3.05) is 18.4 Å². The molecule has 0 radical (unpaired) electrons. The summed E-state index contributed by atoms with van der Waals surface area (Å²) in [4.78, 5) is 31.6. The minimum Gasteiger partial charge on any atom is -0.365 e. The van der Waals surface area contributed by atoms with E-state index >= 15 is 0 Å². The number of carbonyl (C=O) groups is 2. The highest BCUT2D eigenvalue weighted by molar-refractivity contribution is 6.03. The summed E-state index contributed by atoms with van der Waals surface area (Å²) in [5, 5.41) is 4.19. The normalized spacial score (nSPS) is 14.1. The van der Waals surface area contributed by atoms with Gasteiger partial charge in [-0.1, -0.05) is 18.2 Å². The number of carbonyl (C=O) groups excluding carboxylic acids is 2. The van der Waals surface area contributed by atoms with Crippen molar-refractivity contribution in [2.24, 2.45) is 0 Å². The summed E-state index contributed by atoms with van der Waals surface area (Å²) in [7, 11) is 0. The number of benzene rings is 2. The fourth-order valence-corrected chi connectivity index (χ4v) is 4.21. The topological polar surface area (TPSA) is 62.3 Å². The molecule has 1 N–H and O–H groups in total. The van der Waals surface area contributed by atoms with Crippen LogP contribution < -0.4 is 5.32 Å². The van der Waals surface area contributed by atoms with Crippen LogP contribution >= 0.6 is 0 Å². The lowest BCUT2D eigenvalue weighted by Crippen LogP contribution is -2.28. The molecule has 160 valence electrons. The van der Waals surface area contributed by atoms with Crippen molar-refractivity contribution in [1.82, 2.24) is 9.88 Å². The van der Waals surface area contributed by atoms with E-state index in [0.29, 0.717) is 11.4 Å². The van der Waals surface area contributed by atoms with Crippen LogP contribution in [0.4, 0.5) is 5.82 Å². The molecule has 1 amide bonds. The van der Waals surface area contributed by atoms with Crippen LogP contribution in [0.25, 0.3) is 22.0 Å². The van der Waals surface area contributed by atoms with E-state index in [1.165, 1.54) is 0 Å². The maximum atomic E-state index is 13.2. The first-order valence-electron chi connectivity index (χ1n) is 10.8. The van der Waals surface area contributed by atoms with E-state index in [4.69, 9.17) is 4.98 Å². The van der Waals surface area contributed by atoms with Crippen molar-refractivity contribution in [3.63, 3.8) is 0 Å². The van der Waals surface area contributed by atoms with Gasteiger partial charge in [-0.3, -0.25) is 9.59 Å². The SMILES string of the molecule is Cc1cccc(C(=O)N2CCCC2)c1-c1ccc2nc(NC(C)(C)C)c(C=O)cc2c1. The van der Waals surface area contributed by atoms with Gasteiger partial charge in [-0.15, -0.1) is 0 Å². The summed E-state index contributed by atoms with van der Waals surface area (Å²) in [6.45, 7) is 9.78. The number of pyridine rings is 1. The summed E-state index contributed by atoms with van der Waals surface area (Å²) in [5.41, 5.74) is 4.83.